The predicted octanol–water partition coefficient (Wildman–Crippen LogP) is 2.19. The molecule has 1 amide bonds. The van der Waals surface area contributed by atoms with Crippen LogP contribution in [0.2, 0.25) is 0 Å². The maximum atomic E-state index is 12.2. The van der Waals surface area contributed by atoms with Crippen LogP contribution in [0.4, 0.5) is 5.69 Å². The van der Waals surface area contributed by atoms with E-state index in [9.17, 15) is 13.2 Å². The number of anilines is 1. The van der Waals surface area contributed by atoms with Gasteiger partial charge in [-0.15, -0.1) is 0 Å². The Kier molecular flexibility index (Phi) is 6.11. The standard InChI is InChI=1S/C17H18N2O4S/c20-17(18-21)10-9-15-7-4-8-16(13-15)19-24(22,23)12-11-14-5-2-1-3-6-14/h1-10,13,19,21H,11-12H2,(H,18,20)/b10-9+. The van der Waals surface area contributed by atoms with Crippen molar-refractivity contribution in [1.82, 2.24) is 5.48 Å². The van der Waals surface area contributed by atoms with Gasteiger partial charge >= 0.3 is 0 Å². The molecule has 0 bridgehead atoms. The van der Waals surface area contributed by atoms with Gasteiger partial charge in [-0.25, -0.2) is 13.9 Å². The van der Waals surface area contributed by atoms with Gasteiger partial charge in [-0.3, -0.25) is 14.7 Å². The Morgan fingerprint density at radius 2 is 1.83 bits per heavy atom. The van der Waals surface area contributed by atoms with Gasteiger partial charge in [-0.2, -0.15) is 0 Å². The largest absolute Gasteiger partial charge is 0.288 e. The summed E-state index contributed by atoms with van der Waals surface area (Å²) in [4.78, 5) is 11.0. The summed E-state index contributed by atoms with van der Waals surface area (Å²) in [6, 6.07) is 16.0. The molecule has 0 saturated carbocycles. The summed E-state index contributed by atoms with van der Waals surface area (Å²) < 4.78 is 26.9. The minimum atomic E-state index is -3.48. The number of benzene rings is 2. The number of hydroxylamine groups is 1. The Morgan fingerprint density at radius 3 is 2.54 bits per heavy atom. The third kappa shape index (κ3) is 5.86. The number of carbonyl (C=O) groups is 1. The van der Waals surface area contributed by atoms with Crippen LogP contribution in [0.5, 0.6) is 0 Å². The molecular formula is C17H18N2O4S. The lowest BCUT2D eigenvalue weighted by molar-refractivity contribution is -0.124. The van der Waals surface area contributed by atoms with Crippen molar-refractivity contribution in [3.05, 3.63) is 71.8 Å². The first-order chi connectivity index (χ1) is 11.5. The summed E-state index contributed by atoms with van der Waals surface area (Å²) in [5.74, 6) is -0.687. The molecule has 0 fully saturated rings. The van der Waals surface area contributed by atoms with Gasteiger partial charge in [-0.1, -0.05) is 42.5 Å². The first-order valence-electron chi connectivity index (χ1n) is 7.25. The summed E-state index contributed by atoms with van der Waals surface area (Å²) in [5.41, 5.74) is 3.47. The van der Waals surface area contributed by atoms with Crippen LogP contribution in [0.15, 0.2) is 60.7 Å². The summed E-state index contributed by atoms with van der Waals surface area (Å²) in [6.45, 7) is 0. The Labute approximate surface area is 140 Å². The van der Waals surface area contributed by atoms with E-state index in [0.29, 0.717) is 17.7 Å². The number of sulfonamides is 1. The van der Waals surface area contributed by atoms with Crippen LogP contribution in [0, 0.1) is 0 Å². The number of rotatable bonds is 7. The third-order valence-electron chi connectivity index (χ3n) is 3.20. The molecule has 6 nitrogen and oxygen atoms in total. The highest BCUT2D eigenvalue weighted by Crippen LogP contribution is 2.14. The second kappa shape index (κ2) is 8.28. The smallest absolute Gasteiger partial charge is 0.267 e. The lowest BCUT2D eigenvalue weighted by atomic mass is 10.2. The van der Waals surface area contributed by atoms with Gasteiger partial charge in [0.25, 0.3) is 5.91 Å². The molecule has 24 heavy (non-hydrogen) atoms. The zero-order chi connectivity index (χ0) is 17.4. The average molecular weight is 346 g/mol. The van der Waals surface area contributed by atoms with Gasteiger partial charge in [0, 0.05) is 11.8 Å². The van der Waals surface area contributed by atoms with Crippen LogP contribution in [0.3, 0.4) is 0 Å². The van der Waals surface area contributed by atoms with Crippen molar-refractivity contribution < 1.29 is 18.4 Å². The van der Waals surface area contributed by atoms with Crippen molar-refractivity contribution in [2.75, 3.05) is 10.5 Å². The van der Waals surface area contributed by atoms with Crippen LogP contribution >= 0.6 is 0 Å². The van der Waals surface area contributed by atoms with E-state index in [1.54, 1.807) is 24.3 Å². The Bertz CT molecular complexity index is 817. The van der Waals surface area contributed by atoms with Crippen molar-refractivity contribution in [2.45, 2.75) is 6.42 Å². The van der Waals surface area contributed by atoms with Crippen LogP contribution < -0.4 is 10.2 Å². The minimum absolute atomic E-state index is 0.0238. The molecule has 126 valence electrons. The lowest BCUT2D eigenvalue weighted by Gasteiger charge is -2.08. The third-order valence-corrected chi connectivity index (χ3v) is 4.49. The average Bonchev–Trinajstić information content (AvgIpc) is 2.59. The molecule has 0 unspecified atom stereocenters. The molecule has 0 radical (unpaired) electrons. The highest BCUT2D eigenvalue weighted by molar-refractivity contribution is 7.92. The number of nitrogens with one attached hydrogen (secondary N) is 2. The molecule has 2 rings (SSSR count). The van der Waals surface area contributed by atoms with Crippen molar-refractivity contribution in [3.8, 4) is 0 Å². The summed E-state index contributed by atoms with van der Waals surface area (Å²) in [6.07, 6.45) is 3.03. The fourth-order valence-corrected chi connectivity index (χ4v) is 3.14. The maximum absolute atomic E-state index is 12.2. The molecule has 0 aromatic heterocycles. The fourth-order valence-electron chi connectivity index (χ4n) is 2.04. The zero-order valence-electron chi connectivity index (χ0n) is 12.8. The van der Waals surface area contributed by atoms with Gasteiger partial charge in [0.15, 0.2) is 0 Å². The van der Waals surface area contributed by atoms with E-state index in [1.807, 2.05) is 30.3 Å². The van der Waals surface area contributed by atoms with Crippen LogP contribution in [0.25, 0.3) is 6.08 Å². The molecule has 0 spiro atoms. The normalized spacial score (nSPS) is 11.4. The summed E-state index contributed by atoms with van der Waals surface area (Å²) in [7, 11) is -3.48. The Morgan fingerprint density at radius 1 is 1.08 bits per heavy atom. The van der Waals surface area contributed by atoms with Crippen LogP contribution in [0.1, 0.15) is 11.1 Å². The molecule has 0 saturated heterocycles. The molecule has 0 atom stereocenters. The summed E-state index contributed by atoms with van der Waals surface area (Å²) in [5, 5.41) is 8.43. The van der Waals surface area contributed by atoms with E-state index in [1.165, 1.54) is 11.6 Å². The molecule has 0 aliphatic heterocycles. The Balaban J connectivity index is 2.01. The van der Waals surface area contributed by atoms with E-state index in [0.717, 1.165) is 11.6 Å². The number of amides is 1. The summed E-state index contributed by atoms with van der Waals surface area (Å²) >= 11 is 0. The molecule has 0 heterocycles. The molecular weight excluding hydrogens is 328 g/mol. The number of aryl methyl sites for hydroxylation is 1. The molecule has 7 heteroatoms. The monoisotopic (exact) mass is 346 g/mol. The van der Waals surface area contributed by atoms with E-state index < -0.39 is 15.9 Å². The SMILES string of the molecule is O=C(/C=C/c1cccc(NS(=O)(=O)CCc2ccccc2)c1)NO. The highest BCUT2D eigenvalue weighted by Gasteiger charge is 2.10. The van der Waals surface area contributed by atoms with Gasteiger partial charge in [0.2, 0.25) is 10.0 Å². The fraction of sp³-hybridized carbons (Fsp3) is 0.118. The second-order valence-corrected chi connectivity index (χ2v) is 6.93. The van der Waals surface area contributed by atoms with E-state index in [2.05, 4.69) is 4.72 Å². The van der Waals surface area contributed by atoms with Gasteiger partial charge in [0.1, 0.15) is 0 Å². The number of hydrogen-bond donors (Lipinski definition) is 3. The van der Waals surface area contributed by atoms with Gasteiger partial charge < -0.3 is 0 Å². The van der Waals surface area contributed by atoms with Gasteiger partial charge in [0.05, 0.1) is 5.75 Å². The van der Waals surface area contributed by atoms with Crippen molar-refractivity contribution in [2.24, 2.45) is 0 Å². The van der Waals surface area contributed by atoms with Crippen molar-refractivity contribution in [3.63, 3.8) is 0 Å². The molecule has 0 aliphatic rings. The number of hydrogen-bond acceptors (Lipinski definition) is 4. The molecule has 0 aliphatic carbocycles. The quantitative estimate of drug-likeness (QED) is 0.407. The van der Waals surface area contributed by atoms with E-state index in [4.69, 9.17) is 5.21 Å². The van der Waals surface area contributed by atoms with Crippen LogP contribution in [-0.2, 0) is 21.2 Å². The topological polar surface area (TPSA) is 95.5 Å². The van der Waals surface area contributed by atoms with Gasteiger partial charge in [-0.05, 0) is 35.8 Å². The van der Waals surface area contributed by atoms with E-state index in [-0.39, 0.29) is 5.75 Å². The minimum Gasteiger partial charge on any atom is -0.288 e. The molecule has 3 N–H and O–H groups in total. The maximum Gasteiger partial charge on any atom is 0.267 e. The van der Waals surface area contributed by atoms with Crippen molar-refractivity contribution in [1.29, 1.82) is 0 Å². The van der Waals surface area contributed by atoms with Crippen LogP contribution in [-0.4, -0.2) is 25.3 Å². The Hall–Kier alpha value is -2.64. The molecule has 2 aromatic rings. The predicted molar refractivity (Wildman–Crippen MR) is 93.0 cm³/mol. The zero-order valence-corrected chi connectivity index (χ0v) is 13.7. The first-order valence-corrected chi connectivity index (χ1v) is 8.90. The lowest BCUT2D eigenvalue weighted by Crippen LogP contribution is -2.18. The second-order valence-electron chi connectivity index (χ2n) is 5.09. The number of carbonyl (C=O) groups excluding carboxylic acids is 1. The highest BCUT2D eigenvalue weighted by atomic mass is 32.2. The van der Waals surface area contributed by atoms with Crippen molar-refractivity contribution >= 4 is 27.7 Å². The van der Waals surface area contributed by atoms with E-state index >= 15 is 0 Å². The first kappa shape index (κ1) is 17.7. The molecule has 2 aromatic carbocycles.